The predicted octanol–water partition coefficient (Wildman–Crippen LogP) is 25.5. The average molecular weight is 1510 g/mol. The Morgan fingerprint density at radius 1 is 0.282 bits per heavy atom. The lowest BCUT2D eigenvalue weighted by atomic mass is 9.99. The minimum absolute atomic E-state index is 0.107. The molecule has 17 nitrogen and oxygen atoms in total. The van der Waals surface area contributed by atoms with Crippen molar-refractivity contribution >= 4 is 39.5 Å². The molecular weight excluding hydrogens is 1340 g/mol. The van der Waals surface area contributed by atoms with Crippen LogP contribution in [0.5, 0.6) is 0 Å². The van der Waals surface area contributed by atoms with Crippen LogP contribution in [0.15, 0.2) is 0 Å². The molecule has 0 spiro atoms. The van der Waals surface area contributed by atoms with Crippen molar-refractivity contribution in [2.24, 2.45) is 11.8 Å². The summed E-state index contributed by atoms with van der Waals surface area (Å²) in [7, 11) is -9.92. The van der Waals surface area contributed by atoms with E-state index >= 15 is 0 Å². The Morgan fingerprint density at radius 3 is 0.738 bits per heavy atom. The first kappa shape index (κ1) is 101. The molecule has 3 unspecified atom stereocenters. The highest BCUT2D eigenvalue weighted by Gasteiger charge is 2.30. The maximum absolute atomic E-state index is 13.1. The number of phosphoric acid groups is 2. The van der Waals surface area contributed by atoms with Gasteiger partial charge in [-0.3, -0.25) is 37.3 Å². The summed E-state index contributed by atoms with van der Waals surface area (Å²) in [5.74, 6) is -0.520. The summed E-state index contributed by atoms with van der Waals surface area (Å²) in [5.41, 5.74) is 0. The van der Waals surface area contributed by atoms with Crippen molar-refractivity contribution in [3.63, 3.8) is 0 Å². The molecule has 0 aromatic rings. The maximum atomic E-state index is 13.1. The number of carbonyl (C=O) groups is 4. The third-order valence-electron chi connectivity index (χ3n) is 20.1. The summed E-state index contributed by atoms with van der Waals surface area (Å²) < 4.78 is 68.8. The van der Waals surface area contributed by atoms with Crippen molar-refractivity contribution in [2.75, 3.05) is 39.6 Å². The van der Waals surface area contributed by atoms with E-state index < -0.39 is 97.5 Å². The van der Waals surface area contributed by atoms with Gasteiger partial charge in [-0.05, 0) is 37.5 Å². The summed E-state index contributed by atoms with van der Waals surface area (Å²) in [5, 5.41) is 10.7. The largest absolute Gasteiger partial charge is 0.472 e. The van der Waals surface area contributed by atoms with Crippen molar-refractivity contribution < 1.29 is 80.2 Å². The summed E-state index contributed by atoms with van der Waals surface area (Å²) in [6.45, 7) is 9.69. The molecule has 6 atom stereocenters. The minimum atomic E-state index is -4.96. The number of aliphatic hydroxyl groups excluding tert-OH is 1. The van der Waals surface area contributed by atoms with Gasteiger partial charge in [0, 0.05) is 25.7 Å². The molecule has 0 aliphatic heterocycles. The van der Waals surface area contributed by atoms with Crippen LogP contribution in [0, 0.1) is 11.8 Å². The smallest absolute Gasteiger partial charge is 0.462 e. The molecule has 103 heavy (non-hydrogen) atoms. The van der Waals surface area contributed by atoms with Gasteiger partial charge in [-0.2, -0.15) is 0 Å². The van der Waals surface area contributed by atoms with Crippen LogP contribution in [-0.4, -0.2) is 96.7 Å². The molecule has 0 heterocycles. The molecule has 0 saturated carbocycles. The normalized spacial score (nSPS) is 14.1. The van der Waals surface area contributed by atoms with E-state index in [1.165, 1.54) is 263 Å². The first-order chi connectivity index (χ1) is 49.9. The number of phosphoric ester groups is 2. The molecule has 0 saturated heterocycles. The van der Waals surface area contributed by atoms with Crippen LogP contribution in [0.3, 0.4) is 0 Å². The Bertz CT molecular complexity index is 1980. The van der Waals surface area contributed by atoms with Crippen molar-refractivity contribution in [3.05, 3.63) is 0 Å². The van der Waals surface area contributed by atoms with Gasteiger partial charge in [0.05, 0.1) is 26.4 Å². The van der Waals surface area contributed by atoms with E-state index in [0.717, 1.165) is 102 Å². The lowest BCUT2D eigenvalue weighted by molar-refractivity contribution is -0.161. The number of rotatable bonds is 83. The zero-order valence-corrected chi connectivity index (χ0v) is 69.4. The molecule has 0 aromatic heterocycles. The fourth-order valence-corrected chi connectivity index (χ4v) is 14.6. The van der Waals surface area contributed by atoms with Crippen molar-refractivity contribution in [2.45, 2.75) is 464 Å². The molecule has 19 heteroatoms. The molecule has 0 aliphatic carbocycles. The van der Waals surface area contributed by atoms with Gasteiger partial charge in [-0.15, -0.1) is 0 Å². The highest BCUT2D eigenvalue weighted by atomic mass is 31.2. The molecule has 0 bridgehead atoms. The van der Waals surface area contributed by atoms with Crippen LogP contribution in [0.1, 0.15) is 446 Å². The van der Waals surface area contributed by atoms with E-state index in [2.05, 4.69) is 41.5 Å². The molecule has 0 rings (SSSR count). The predicted molar refractivity (Wildman–Crippen MR) is 423 cm³/mol. The highest BCUT2D eigenvalue weighted by Crippen LogP contribution is 2.45. The standard InChI is InChI=1S/C84H164O17P2/c1-7-10-12-14-16-18-20-22-23-24-25-26-27-28-29-30-31-37-44-50-56-62-68-83(88)100-79(72-95-82(87)67-61-55-49-43-36-33-32-34-40-46-52-58-64-76(4)5)74-98-102(90,91)96-70-78(85)71-97-103(92,93)99-75-80(73-94-81(86)66-60-54-48-42-35-21-19-17-15-13-11-8-2)101-84(89)69-63-57-51-45-39-38-41-47-53-59-65-77(6)9-3/h76-80,85H,7-75H2,1-6H3,(H,90,91)(H,92,93)/t77?,78-,79-,80-/m1/s1. The summed E-state index contributed by atoms with van der Waals surface area (Å²) in [4.78, 5) is 73.2. The fourth-order valence-electron chi connectivity index (χ4n) is 13.0. The molecule has 0 aromatic carbocycles. The second-order valence-corrected chi connectivity index (χ2v) is 33.8. The van der Waals surface area contributed by atoms with Crippen LogP contribution >= 0.6 is 15.6 Å². The van der Waals surface area contributed by atoms with Gasteiger partial charge in [0.1, 0.15) is 19.3 Å². The van der Waals surface area contributed by atoms with Gasteiger partial charge >= 0.3 is 39.5 Å². The Hall–Kier alpha value is -1.94. The third kappa shape index (κ3) is 76.6. The molecular formula is C84H164O17P2. The zero-order chi connectivity index (χ0) is 75.6. The molecule has 612 valence electrons. The van der Waals surface area contributed by atoms with Crippen LogP contribution < -0.4 is 0 Å². The lowest BCUT2D eigenvalue weighted by Crippen LogP contribution is -2.30. The second-order valence-electron chi connectivity index (χ2n) is 30.9. The lowest BCUT2D eigenvalue weighted by Gasteiger charge is -2.21. The van der Waals surface area contributed by atoms with Crippen LogP contribution in [0.2, 0.25) is 0 Å². The number of hydrogen-bond donors (Lipinski definition) is 3. The number of ether oxygens (including phenoxy) is 4. The van der Waals surface area contributed by atoms with Crippen LogP contribution in [0.4, 0.5) is 0 Å². The highest BCUT2D eigenvalue weighted by molar-refractivity contribution is 7.47. The van der Waals surface area contributed by atoms with Crippen LogP contribution in [0.25, 0.3) is 0 Å². The Kier molecular flexibility index (Phi) is 74.1. The van der Waals surface area contributed by atoms with E-state index in [-0.39, 0.29) is 25.7 Å². The number of hydrogen-bond acceptors (Lipinski definition) is 15. The second kappa shape index (κ2) is 75.5. The number of unbranched alkanes of at least 4 members (excludes halogenated alkanes) is 52. The van der Waals surface area contributed by atoms with Gasteiger partial charge in [-0.1, -0.05) is 395 Å². The molecule has 3 N–H and O–H groups in total. The molecule has 0 aliphatic rings. The SMILES string of the molecule is CCCCCCCCCCCCCCCCCCCCCCCCC(=O)O[C@H](COC(=O)CCCCCCCCCCCCCCC(C)C)COP(=O)(O)OC[C@@H](O)COP(=O)(O)OC[C@@H](COC(=O)CCCCCCCCCCCCCC)OC(=O)CCCCCCCCCCCCC(C)CC. The van der Waals surface area contributed by atoms with Gasteiger partial charge in [0.15, 0.2) is 12.2 Å². The van der Waals surface area contributed by atoms with E-state index in [1.54, 1.807) is 0 Å². The molecule has 0 fully saturated rings. The zero-order valence-electron chi connectivity index (χ0n) is 67.6. The van der Waals surface area contributed by atoms with Crippen LogP contribution in [-0.2, 0) is 65.4 Å². The number of esters is 4. The monoisotopic (exact) mass is 1510 g/mol. The average Bonchev–Trinajstić information content (AvgIpc) is 0.906. The molecule has 0 radical (unpaired) electrons. The fraction of sp³-hybridized carbons (Fsp3) is 0.952. The van der Waals surface area contributed by atoms with E-state index in [1.807, 2.05) is 0 Å². The molecule has 0 amide bonds. The quantitative estimate of drug-likeness (QED) is 0.0222. The van der Waals surface area contributed by atoms with Crippen molar-refractivity contribution in [3.8, 4) is 0 Å². The van der Waals surface area contributed by atoms with Crippen molar-refractivity contribution in [1.29, 1.82) is 0 Å². The Balaban J connectivity index is 5.23. The first-order valence-electron chi connectivity index (χ1n) is 43.5. The third-order valence-corrected chi connectivity index (χ3v) is 22.0. The summed E-state index contributed by atoms with van der Waals surface area (Å²) >= 11 is 0. The van der Waals surface area contributed by atoms with Crippen molar-refractivity contribution in [1.82, 2.24) is 0 Å². The first-order valence-corrected chi connectivity index (χ1v) is 46.5. The minimum Gasteiger partial charge on any atom is -0.462 e. The maximum Gasteiger partial charge on any atom is 0.472 e. The number of carbonyl (C=O) groups excluding carboxylic acids is 4. The Labute approximate surface area is 632 Å². The van der Waals surface area contributed by atoms with E-state index in [9.17, 15) is 43.2 Å². The Morgan fingerprint density at radius 2 is 0.495 bits per heavy atom. The van der Waals surface area contributed by atoms with Gasteiger partial charge in [-0.25, -0.2) is 9.13 Å². The summed E-state index contributed by atoms with van der Waals surface area (Å²) in [6, 6.07) is 0. The summed E-state index contributed by atoms with van der Waals surface area (Å²) in [6.07, 6.45) is 66.6. The van der Waals surface area contributed by atoms with Gasteiger partial charge in [0.2, 0.25) is 0 Å². The van der Waals surface area contributed by atoms with E-state index in [4.69, 9.17) is 37.0 Å². The van der Waals surface area contributed by atoms with E-state index in [0.29, 0.717) is 25.7 Å². The topological polar surface area (TPSA) is 237 Å². The van der Waals surface area contributed by atoms with Gasteiger partial charge < -0.3 is 33.8 Å². The van der Waals surface area contributed by atoms with Gasteiger partial charge in [0.25, 0.3) is 0 Å². The number of aliphatic hydroxyl groups is 1.